The molecular weight excluding hydrogens is 212 g/mol. The Kier molecular flexibility index (Phi) is 3.43. The summed E-state index contributed by atoms with van der Waals surface area (Å²) in [5, 5.41) is 11.2. The molecule has 0 saturated carbocycles. The zero-order valence-electron chi connectivity index (χ0n) is 7.00. The first-order valence-electron chi connectivity index (χ1n) is 3.55. The molecule has 1 rings (SSSR count). The highest BCUT2D eigenvalue weighted by molar-refractivity contribution is 7.85. The van der Waals surface area contributed by atoms with Gasteiger partial charge in [0.15, 0.2) is 0 Å². The first-order valence-corrected chi connectivity index (χ1v) is 6.24. The number of thiophene rings is 1. The van der Waals surface area contributed by atoms with Crippen molar-refractivity contribution < 1.29 is 17.7 Å². The predicted octanol–water partition coefficient (Wildman–Crippen LogP) is 0.758. The summed E-state index contributed by atoms with van der Waals surface area (Å²) < 4.78 is 25.6. The Bertz CT molecular complexity index is 341. The summed E-state index contributed by atoms with van der Waals surface area (Å²) in [7, 11) is -3.47. The largest absolute Gasteiger partial charge is 0.385 e. The van der Waals surface area contributed by atoms with Crippen LogP contribution in [-0.2, 0) is 14.3 Å². The van der Waals surface area contributed by atoms with Gasteiger partial charge in [0.25, 0.3) is 10.1 Å². The molecule has 0 fully saturated rings. The minimum Gasteiger partial charge on any atom is -0.385 e. The van der Waals surface area contributed by atoms with Gasteiger partial charge in [-0.2, -0.15) is 8.42 Å². The van der Waals surface area contributed by atoms with E-state index in [1.807, 2.05) is 0 Å². The summed E-state index contributed by atoms with van der Waals surface area (Å²) in [4.78, 5) is 0.698. The minimum absolute atomic E-state index is 0.223. The molecule has 0 aliphatic rings. The van der Waals surface area contributed by atoms with E-state index in [4.69, 9.17) is 0 Å². The molecule has 1 N–H and O–H groups in total. The fourth-order valence-electron chi connectivity index (χ4n) is 0.751. The van der Waals surface area contributed by atoms with Gasteiger partial charge in [-0.15, -0.1) is 11.3 Å². The van der Waals surface area contributed by atoms with Gasteiger partial charge in [0, 0.05) is 4.88 Å². The molecule has 6 heteroatoms. The van der Waals surface area contributed by atoms with Crippen LogP contribution in [0.2, 0.25) is 0 Å². The third-order valence-corrected chi connectivity index (χ3v) is 2.85. The first kappa shape index (κ1) is 10.6. The monoisotopic (exact) mass is 222 g/mol. The summed E-state index contributed by atoms with van der Waals surface area (Å²) in [5.41, 5.74) is 0. The zero-order chi connectivity index (χ0) is 9.90. The van der Waals surface area contributed by atoms with Crippen LogP contribution in [0.15, 0.2) is 17.5 Å². The van der Waals surface area contributed by atoms with Crippen molar-refractivity contribution in [1.29, 1.82) is 0 Å². The van der Waals surface area contributed by atoms with E-state index in [-0.39, 0.29) is 6.61 Å². The van der Waals surface area contributed by atoms with Crippen LogP contribution in [0.3, 0.4) is 0 Å². The molecule has 0 unspecified atom stereocenters. The van der Waals surface area contributed by atoms with E-state index in [1.165, 1.54) is 11.3 Å². The van der Waals surface area contributed by atoms with Crippen LogP contribution in [-0.4, -0.2) is 26.4 Å². The summed E-state index contributed by atoms with van der Waals surface area (Å²) >= 11 is 1.36. The van der Waals surface area contributed by atoms with E-state index in [1.54, 1.807) is 17.5 Å². The Morgan fingerprint density at radius 1 is 1.69 bits per heavy atom. The number of aliphatic hydroxyl groups is 1. The lowest BCUT2D eigenvalue weighted by Crippen LogP contribution is -2.10. The Balaban J connectivity index is 2.48. The molecule has 13 heavy (non-hydrogen) atoms. The number of hydrogen-bond acceptors (Lipinski definition) is 5. The third-order valence-electron chi connectivity index (χ3n) is 1.31. The molecule has 1 heterocycles. The highest BCUT2D eigenvalue weighted by atomic mass is 32.2. The molecule has 0 amide bonds. The maximum atomic E-state index is 10.6. The van der Waals surface area contributed by atoms with Gasteiger partial charge in [0.05, 0.1) is 12.9 Å². The van der Waals surface area contributed by atoms with Crippen molar-refractivity contribution >= 4 is 21.5 Å². The van der Waals surface area contributed by atoms with Crippen LogP contribution in [0, 0.1) is 0 Å². The van der Waals surface area contributed by atoms with Gasteiger partial charge < -0.3 is 5.11 Å². The zero-order valence-corrected chi connectivity index (χ0v) is 8.64. The smallest absolute Gasteiger partial charge is 0.264 e. The second-order valence-electron chi connectivity index (χ2n) is 2.52. The third kappa shape index (κ3) is 3.86. The maximum Gasteiger partial charge on any atom is 0.264 e. The average Bonchev–Trinajstić information content (AvgIpc) is 2.50. The minimum atomic E-state index is -3.47. The van der Waals surface area contributed by atoms with E-state index < -0.39 is 16.2 Å². The van der Waals surface area contributed by atoms with Crippen LogP contribution >= 0.6 is 11.3 Å². The topological polar surface area (TPSA) is 63.6 Å². The summed E-state index contributed by atoms with van der Waals surface area (Å²) in [6.45, 7) is -0.223. The summed E-state index contributed by atoms with van der Waals surface area (Å²) in [6, 6.07) is 3.50. The fourth-order valence-corrected chi connectivity index (χ4v) is 1.82. The second-order valence-corrected chi connectivity index (χ2v) is 5.14. The molecule has 1 aromatic rings. The molecule has 0 spiro atoms. The van der Waals surface area contributed by atoms with Crippen molar-refractivity contribution in [2.24, 2.45) is 0 Å². The van der Waals surface area contributed by atoms with Crippen LogP contribution in [0.1, 0.15) is 11.0 Å². The van der Waals surface area contributed by atoms with Gasteiger partial charge in [0.2, 0.25) is 0 Å². The van der Waals surface area contributed by atoms with Crippen molar-refractivity contribution in [3.05, 3.63) is 22.4 Å². The number of aliphatic hydroxyl groups excluding tert-OH is 1. The van der Waals surface area contributed by atoms with E-state index in [0.717, 1.165) is 6.26 Å². The van der Waals surface area contributed by atoms with Crippen LogP contribution in [0.4, 0.5) is 0 Å². The summed E-state index contributed by atoms with van der Waals surface area (Å²) in [5.74, 6) is 0. The Hall–Kier alpha value is -0.430. The Morgan fingerprint density at radius 3 is 2.85 bits per heavy atom. The lowest BCUT2D eigenvalue weighted by Gasteiger charge is -2.06. The van der Waals surface area contributed by atoms with Gasteiger partial charge in [-0.05, 0) is 11.4 Å². The highest BCUT2D eigenvalue weighted by Gasteiger charge is 2.11. The van der Waals surface area contributed by atoms with Gasteiger partial charge >= 0.3 is 0 Å². The van der Waals surface area contributed by atoms with Crippen LogP contribution in [0.25, 0.3) is 0 Å². The molecule has 1 aromatic heterocycles. The lowest BCUT2D eigenvalue weighted by atomic mass is 10.3. The second kappa shape index (κ2) is 4.19. The normalized spacial score (nSPS) is 14.3. The molecular formula is C7H10O4S2. The lowest BCUT2D eigenvalue weighted by molar-refractivity contribution is 0.115. The Morgan fingerprint density at radius 2 is 2.38 bits per heavy atom. The molecule has 74 valence electrons. The van der Waals surface area contributed by atoms with Crippen molar-refractivity contribution in [2.75, 3.05) is 12.9 Å². The van der Waals surface area contributed by atoms with Crippen molar-refractivity contribution in [2.45, 2.75) is 6.10 Å². The molecule has 0 aliphatic heterocycles. The van der Waals surface area contributed by atoms with E-state index >= 15 is 0 Å². The standard InChI is InChI=1S/C7H10O4S2/c1-13(9,10)11-5-6(8)7-3-2-4-12-7/h2-4,6,8H,5H2,1H3/t6-/m0/s1. The van der Waals surface area contributed by atoms with Gasteiger partial charge in [-0.25, -0.2) is 0 Å². The van der Waals surface area contributed by atoms with Crippen molar-refractivity contribution in [3.63, 3.8) is 0 Å². The SMILES string of the molecule is CS(=O)(=O)OC[C@H](O)c1cccs1. The molecule has 4 nitrogen and oxygen atoms in total. The molecule has 0 radical (unpaired) electrons. The van der Waals surface area contributed by atoms with Crippen LogP contribution in [0.5, 0.6) is 0 Å². The number of rotatable bonds is 4. The van der Waals surface area contributed by atoms with Gasteiger partial charge in [0.1, 0.15) is 6.10 Å². The molecule has 0 saturated heterocycles. The fraction of sp³-hybridized carbons (Fsp3) is 0.429. The average molecular weight is 222 g/mol. The Labute approximate surface area is 80.9 Å². The maximum absolute atomic E-state index is 10.6. The number of hydrogen-bond donors (Lipinski definition) is 1. The highest BCUT2D eigenvalue weighted by Crippen LogP contribution is 2.18. The molecule has 0 bridgehead atoms. The van der Waals surface area contributed by atoms with Crippen molar-refractivity contribution in [3.8, 4) is 0 Å². The van der Waals surface area contributed by atoms with E-state index in [9.17, 15) is 13.5 Å². The predicted molar refractivity (Wildman–Crippen MR) is 50.1 cm³/mol. The van der Waals surface area contributed by atoms with Gasteiger partial charge in [-0.3, -0.25) is 4.18 Å². The molecule has 1 atom stereocenters. The van der Waals surface area contributed by atoms with Crippen LogP contribution < -0.4 is 0 Å². The van der Waals surface area contributed by atoms with Gasteiger partial charge in [-0.1, -0.05) is 6.07 Å². The van der Waals surface area contributed by atoms with Crippen molar-refractivity contribution in [1.82, 2.24) is 0 Å². The molecule has 0 aromatic carbocycles. The first-order chi connectivity index (χ1) is 5.99. The van der Waals surface area contributed by atoms with E-state index in [0.29, 0.717) is 4.88 Å². The summed E-state index contributed by atoms with van der Waals surface area (Å²) in [6.07, 6.45) is 0.0865. The van der Waals surface area contributed by atoms with E-state index in [2.05, 4.69) is 4.18 Å². The quantitative estimate of drug-likeness (QED) is 0.764. The molecule has 0 aliphatic carbocycles.